The molecule has 0 spiro atoms. The molecule has 1 saturated carbocycles. The molecule has 0 atom stereocenters. The van der Waals surface area contributed by atoms with E-state index < -0.39 is 5.60 Å². The van der Waals surface area contributed by atoms with Crippen LogP contribution in [0.4, 0.5) is 0 Å². The number of imidazole rings is 1. The van der Waals surface area contributed by atoms with Crippen LogP contribution in [0.2, 0.25) is 0 Å². The van der Waals surface area contributed by atoms with Crippen molar-refractivity contribution in [2.45, 2.75) is 44.6 Å². The van der Waals surface area contributed by atoms with Gasteiger partial charge in [-0.2, -0.15) is 0 Å². The van der Waals surface area contributed by atoms with E-state index in [0.29, 0.717) is 12.2 Å². The molecule has 1 heterocycles. The molecule has 2 rings (SSSR count). The molecule has 1 aromatic rings. The first-order valence-electron chi connectivity index (χ1n) is 6.62. The maximum Gasteiger partial charge on any atom is 0.269 e. The zero-order valence-corrected chi connectivity index (χ0v) is 10.8. The number of nitrogens with one attached hydrogen (secondary N) is 2. The average molecular weight is 251 g/mol. The lowest BCUT2D eigenvalue weighted by atomic mass is 9.78. The second-order valence-corrected chi connectivity index (χ2v) is 5.22. The molecule has 1 fully saturated rings. The Morgan fingerprint density at radius 2 is 2.33 bits per heavy atom. The Bertz CT molecular complexity index is 381. The summed E-state index contributed by atoms with van der Waals surface area (Å²) in [6.45, 7) is 2.51. The minimum absolute atomic E-state index is 0.210. The van der Waals surface area contributed by atoms with E-state index in [4.69, 9.17) is 0 Å². The highest BCUT2D eigenvalue weighted by atomic mass is 16.3. The average Bonchev–Trinajstić information content (AvgIpc) is 2.91. The Morgan fingerprint density at radius 1 is 1.61 bits per heavy atom. The third-order valence-corrected chi connectivity index (χ3v) is 3.93. The summed E-state index contributed by atoms with van der Waals surface area (Å²) in [4.78, 5) is 18.3. The summed E-state index contributed by atoms with van der Waals surface area (Å²) in [6.07, 6.45) is 7.77. The number of carbonyl (C=O) groups excluding carboxylic acids is 1. The van der Waals surface area contributed by atoms with Crippen molar-refractivity contribution < 1.29 is 9.90 Å². The van der Waals surface area contributed by atoms with Crippen LogP contribution in [-0.2, 0) is 0 Å². The van der Waals surface area contributed by atoms with Gasteiger partial charge in [0, 0.05) is 6.54 Å². The van der Waals surface area contributed by atoms with Crippen molar-refractivity contribution in [2.75, 3.05) is 6.54 Å². The fraction of sp³-hybridized carbons (Fsp3) is 0.692. The zero-order valence-electron chi connectivity index (χ0n) is 10.8. The van der Waals surface area contributed by atoms with Crippen molar-refractivity contribution in [3.8, 4) is 0 Å². The molecule has 0 unspecified atom stereocenters. The van der Waals surface area contributed by atoms with Gasteiger partial charge in [0.05, 0.1) is 18.1 Å². The van der Waals surface area contributed by atoms with E-state index in [9.17, 15) is 9.90 Å². The summed E-state index contributed by atoms with van der Waals surface area (Å²) in [6, 6.07) is 0. The van der Waals surface area contributed by atoms with Gasteiger partial charge < -0.3 is 15.4 Å². The Morgan fingerprint density at radius 3 is 2.89 bits per heavy atom. The van der Waals surface area contributed by atoms with Crippen LogP contribution in [-0.4, -0.2) is 33.1 Å². The third-order valence-electron chi connectivity index (χ3n) is 3.93. The van der Waals surface area contributed by atoms with Gasteiger partial charge in [0.1, 0.15) is 5.69 Å². The standard InChI is InChI=1S/C13H21N3O2/c1-2-10-3-5-13(18,6-4-10)8-15-12(17)11-7-14-9-16-11/h7,9-10,18H,2-6,8H2,1H3,(H,14,16)(H,15,17). The topological polar surface area (TPSA) is 78.0 Å². The van der Waals surface area contributed by atoms with Crippen molar-refractivity contribution in [1.29, 1.82) is 0 Å². The molecule has 100 valence electrons. The van der Waals surface area contributed by atoms with Gasteiger partial charge in [-0.15, -0.1) is 0 Å². The van der Waals surface area contributed by atoms with Crippen LogP contribution in [0.5, 0.6) is 0 Å². The monoisotopic (exact) mass is 251 g/mol. The van der Waals surface area contributed by atoms with Crippen molar-refractivity contribution in [2.24, 2.45) is 5.92 Å². The first-order valence-corrected chi connectivity index (χ1v) is 6.62. The highest BCUT2D eigenvalue weighted by molar-refractivity contribution is 5.91. The molecule has 5 nitrogen and oxygen atoms in total. The normalized spacial score (nSPS) is 28.0. The quantitative estimate of drug-likeness (QED) is 0.758. The van der Waals surface area contributed by atoms with Gasteiger partial charge in [-0.25, -0.2) is 4.98 Å². The van der Waals surface area contributed by atoms with Crippen molar-refractivity contribution in [3.05, 3.63) is 18.2 Å². The summed E-state index contributed by atoms with van der Waals surface area (Å²) in [7, 11) is 0. The van der Waals surface area contributed by atoms with Crippen molar-refractivity contribution in [1.82, 2.24) is 15.3 Å². The van der Waals surface area contributed by atoms with Crippen molar-refractivity contribution in [3.63, 3.8) is 0 Å². The molecule has 1 aliphatic carbocycles. The number of aromatic nitrogens is 2. The predicted molar refractivity (Wildman–Crippen MR) is 68.1 cm³/mol. The number of aromatic amines is 1. The number of hydrogen-bond donors (Lipinski definition) is 3. The molecule has 0 radical (unpaired) electrons. The minimum atomic E-state index is -0.735. The van der Waals surface area contributed by atoms with Crippen LogP contribution in [0, 0.1) is 5.92 Å². The van der Waals surface area contributed by atoms with Crippen LogP contribution in [0.3, 0.4) is 0 Å². The summed E-state index contributed by atoms with van der Waals surface area (Å²) < 4.78 is 0. The maximum absolute atomic E-state index is 11.7. The molecule has 1 amide bonds. The van der Waals surface area contributed by atoms with E-state index in [1.807, 2.05) is 0 Å². The van der Waals surface area contributed by atoms with E-state index in [1.54, 1.807) is 0 Å². The molecule has 0 aliphatic heterocycles. The van der Waals surface area contributed by atoms with Crippen LogP contribution < -0.4 is 5.32 Å². The number of amides is 1. The molecule has 0 aromatic carbocycles. The maximum atomic E-state index is 11.7. The fourth-order valence-corrected chi connectivity index (χ4v) is 2.52. The van der Waals surface area contributed by atoms with Gasteiger partial charge in [0.15, 0.2) is 0 Å². The molecular formula is C13H21N3O2. The SMILES string of the molecule is CCC1CCC(O)(CNC(=O)c2cnc[nH]2)CC1. The van der Waals surface area contributed by atoms with E-state index >= 15 is 0 Å². The van der Waals surface area contributed by atoms with Crippen LogP contribution >= 0.6 is 0 Å². The van der Waals surface area contributed by atoms with Gasteiger partial charge in [-0.05, 0) is 31.6 Å². The van der Waals surface area contributed by atoms with Gasteiger partial charge in [-0.3, -0.25) is 4.79 Å². The van der Waals surface area contributed by atoms with Crippen LogP contribution in [0.15, 0.2) is 12.5 Å². The first-order chi connectivity index (χ1) is 8.63. The Labute approximate surface area is 107 Å². The Hall–Kier alpha value is -1.36. The van der Waals surface area contributed by atoms with Gasteiger partial charge in [0.2, 0.25) is 0 Å². The van der Waals surface area contributed by atoms with Gasteiger partial charge in [0.25, 0.3) is 5.91 Å². The molecule has 3 N–H and O–H groups in total. The zero-order chi connectivity index (χ0) is 13.0. The second-order valence-electron chi connectivity index (χ2n) is 5.22. The van der Waals surface area contributed by atoms with Crippen LogP contribution in [0.25, 0.3) is 0 Å². The molecular weight excluding hydrogens is 230 g/mol. The smallest absolute Gasteiger partial charge is 0.269 e. The lowest BCUT2D eigenvalue weighted by Gasteiger charge is -2.35. The number of carbonyl (C=O) groups is 1. The lowest BCUT2D eigenvalue weighted by Crippen LogP contribution is -2.45. The van der Waals surface area contributed by atoms with E-state index in [1.165, 1.54) is 18.9 Å². The molecule has 5 heteroatoms. The lowest BCUT2D eigenvalue weighted by molar-refractivity contribution is -0.00789. The summed E-state index contributed by atoms with van der Waals surface area (Å²) >= 11 is 0. The van der Waals surface area contributed by atoms with Crippen LogP contribution in [0.1, 0.15) is 49.5 Å². The van der Waals surface area contributed by atoms with Crippen molar-refractivity contribution >= 4 is 5.91 Å². The summed E-state index contributed by atoms with van der Waals surface area (Å²) in [5.74, 6) is 0.520. The molecule has 1 aromatic heterocycles. The molecule has 0 saturated heterocycles. The number of hydrogen-bond acceptors (Lipinski definition) is 3. The Balaban J connectivity index is 1.81. The molecule has 0 bridgehead atoms. The number of rotatable bonds is 4. The summed E-state index contributed by atoms with van der Waals surface area (Å²) in [5.41, 5.74) is -0.303. The highest BCUT2D eigenvalue weighted by Gasteiger charge is 2.32. The van der Waals surface area contributed by atoms with E-state index in [0.717, 1.165) is 31.6 Å². The van der Waals surface area contributed by atoms with Gasteiger partial charge >= 0.3 is 0 Å². The number of aliphatic hydroxyl groups is 1. The summed E-state index contributed by atoms with van der Waals surface area (Å²) in [5, 5.41) is 13.2. The molecule has 1 aliphatic rings. The number of nitrogens with zero attached hydrogens (tertiary/aromatic N) is 1. The largest absolute Gasteiger partial charge is 0.388 e. The van der Waals surface area contributed by atoms with E-state index in [-0.39, 0.29) is 5.91 Å². The fourth-order valence-electron chi connectivity index (χ4n) is 2.52. The first kappa shape index (κ1) is 13.1. The van der Waals surface area contributed by atoms with Gasteiger partial charge in [-0.1, -0.05) is 13.3 Å². The highest BCUT2D eigenvalue weighted by Crippen LogP contribution is 2.33. The Kier molecular flexibility index (Phi) is 4.01. The molecule has 18 heavy (non-hydrogen) atoms. The predicted octanol–water partition coefficient (Wildman–Crippen LogP) is 1.47. The second kappa shape index (κ2) is 5.52. The number of H-pyrrole nitrogens is 1. The third kappa shape index (κ3) is 3.10. The minimum Gasteiger partial charge on any atom is -0.388 e. The van der Waals surface area contributed by atoms with E-state index in [2.05, 4.69) is 22.2 Å².